The third-order valence-electron chi connectivity index (χ3n) is 5.38. The van der Waals surface area contributed by atoms with Crippen molar-refractivity contribution in [1.29, 1.82) is 0 Å². The standard InChI is InChI=1S/C26H29BrN4O6/c1-14(2)8-21(26(34)36-5)30-24(33)9-16-6-7-17(27)10-19(16)31-25-18-11-23(37-15(3)32)22(35-4)12-20(18)28-13-29-25/h6-7,10-14,21H,8-9H2,1-5H3,(H,30,33)(H,28,29,31)/t21-/m0/s1. The number of benzene rings is 2. The van der Waals surface area contributed by atoms with Crippen LogP contribution in [-0.2, 0) is 25.5 Å². The number of halogens is 1. The zero-order valence-electron chi connectivity index (χ0n) is 21.3. The second-order valence-corrected chi connectivity index (χ2v) is 9.63. The zero-order valence-corrected chi connectivity index (χ0v) is 22.8. The van der Waals surface area contributed by atoms with Crippen molar-refractivity contribution < 1.29 is 28.6 Å². The lowest BCUT2D eigenvalue weighted by Crippen LogP contribution is -2.43. The molecule has 0 unspecified atom stereocenters. The molecule has 2 N–H and O–H groups in total. The van der Waals surface area contributed by atoms with Crippen LogP contribution in [0.3, 0.4) is 0 Å². The molecule has 0 bridgehead atoms. The van der Waals surface area contributed by atoms with E-state index in [4.69, 9.17) is 14.2 Å². The van der Waals surface area contributed by atoms with E-state index in [0.717, 1.165) is 4.47 Å². The Morgan fingerprint density at radius 3 is 2.46 bits per heavy atom. The first-order valence-electron chi connectivity index (χ1n) is 11.5. The van der Waals surface area contributed by atoms with Crippen LogP contribution >= 0.6 is 15.9 Å². The quantitative estimate of drug-likeness (QED) is 0.269. The van der Waals surface area contributed by atoms with Crippen molar-refractivity contribution in [2.45, 2.75) is 39.7 Å². The first kappa shape index (κ1) is 27.9. The number of carbonyl (C=O) groups is 3. The number of anilines is 2. The molecule has 1 heterocycles. The van der Waals surface area contributed by atoms with Gasteiger partial charge in [0.2, 0.25) is 5.91 Å². The van der Waals surface area contributed by atoms with Crippen molar-refractivity contribution in [3.8, 4) is 11.5 Å². The highest BCUT2D eigenvalue weighted by atomic mass is 79.9. The summed E-state index contributed by atoms with van der Waals surface area (Å²) < 4.78 is 16.3. The van der Waals surface area contributed by atoms with E-state index >= 15 is 0 Å². The number of nitrogens with zero attached hydrogens (tertiary/aromatic N) is 2. The van der Waals surface area contributed by atoms with Gasteiger partial charge in [0.05, 0.1) is 26.2 Å². The van der Waals surface area contributed by atoms with Gasteiger partial charge >= 0.3 is 11.9 Å². The Hall–Kier alpha value is -3.73. The summed E-state index contributed by atoms with van der Waals surface area (Å²) in [5.74, 6) is -0.0867. The molecule has 11 heteroatoms. The van der Waals surface area contributed by atoms with Crippen molar-refractivity contribution in [3.05, 3.63) is 46.7 Å². The number of aromatic nitrogens is 2. The Labute approximate surface area is 223 Å². The number of fused-ring (bicyclic) bond motifs is 1. The summed E-state index contributed by atoms with van der Waals surface area (Å²) in [4.78, 5) is 45.3. The number of carbonyl (C=O) groups excluding carboxylic acids is 3. The third kappa shape index (κ3) is 7.39. The van der Waals surface area contributed by atoms with Crippen LogP contribution in [0.5, 0.6) is 11.5 Å². The maximum absolute atomic E-state index is 12.9. The van der Waals surface area contributed by atoms with Gasteiger partial charge in [-0.2, -0.15) is 0 Å². The average molecular weight is 573 g/mol. The Morgan fingerprint density at radius 1 is 1.05 bits per heavy atom. The number of esters is 2. The molecule has 196 valence electrons. The van der Waals surface area contributed by atoms with Crippen LogP contribution in [0.15, 0.2) is 41.1 Å². The van der Waals surface area contributed by atoms with Gasteiger partial charge in [0.15, 0.2) is 11.5 Å². The van der Waals surface area contributed by atoms with Gasteiger partial charge < -0.3 is 24.8 Å². The molecule has 37 heavy (non-hydrogen) atoms. The predicted octanol–water partition coefficient (Wildman–Crippen LogP) is 4.32. The van der Waals surface area contributed by atoms with Gasteiger partial charge in [-0.25, -0.2) is 14.8 Å². The van der Waals surface area contributed by atoms with Crippen LogP contribution in [0.1, 0.15) is 32.8 Å². The lowest BCUT2D eigenvalue weighted by Gasteiger charge is -2.19. The maximum atomic E-state index is 12.9. The molecule has 3 aromatic rings. The molecule has 0 fully saturated rings. The molecule has 0 saturated heterocycles. The number of hydrogen-bond acceptors (Lipinski definition) is 9. The molecule has 1 atom stereocenters. The highest BCUT2D eigenvalue weighted by molar-refractivity contribution is 9.10. The second-order valence-electron chi connectivity index (χ2n) is 8.71. The molecular formula is C26H29BrN4O6. The van der Waals surface area contributed by atoms with Crippen LogP contribution in [0, 0.1) is 5.92 Å². The fourth-order valence-electron chi connectivity index (χ4n) is 3.75. The van der Waals surface area contributed by atoms with E-state index in [0.29, 0.717) is 40.1 Å². The molecule has 0 spiro atoms. The molecule has 0 aliphatic heterocycles. The minimum atomic E-state index is -0.732. The molecule has 0 aliphatic rings. The zero-order chi connectivity index (χ0) is 27.1. The van der Waals surface area contributed by atoms with E-state index in [9.17, 15) is 14.4 Å². The topological polar surface area (TPSA) is 129 Å². The highest BCUT2D eigenvalue weighted by Crippen LogP contribution is 2.35. The lowest BCUT2D eigenvalue weighted by molar-refractivity contribution is -0.145. The monoisotopic (exact) mass is 572 g/mol. The third-order valence-corrected chi connectivity index (χ3v) is 5.87. The van der Waals surface area contributed by atoms with E-state index in [-0.39, 0.29) is 24.0 Å². The summed E-state index contributed by atoms with van der Waals surface area (Å²) in [5.41, 5.74) is 1.86. The second kappa shape index (κ2) is 12.5. The number of ether oxygens (including phenoxy) is 3. The summed E-state index contributed by atoms with van der Waals surface area (Å²) >= 11 is 3.47. The molecule has 1 amide bonds. The largest absolute Gasteiger partial charge is 0.493 e. The molecule has 0 aliphatic carbocycles. The van der Waals surface area contributed by atoms with Gasteiger partial charge in [0.25, 0.3) is 0 Å². The minimum absolute atomic E-state index is 0.0107. The van der Waals surface area contributed by atoms with Gasteiger partial charge in [-0.15, -0.1) is 0 Å². The summed E-state index contributed by atoms with van der Waals surface area (Å²) in [5, 5.41) is 6.63. The molecule has 0 saturated carbocycles. The number of nitrogens with one attached hydrogen (secondary N) is 2. The fraction of sp³-hybridized carbons (Fsp3) is 0.346. The highest BCUT2D eigenvalue weighted by Gasteiger charge is 2.23. The maximum Gasteiger partial charge on any atom is 0.328 e. The van der Waals surface area contributed by atoms with E-state index < -0.39 is 18.0 Å². The van der Waals surface area contributed by atoms with Gasteiger partial charge in [-0.3, -0.25) is 9.59 Å². The van der Waals surface area contributed by atoms with Gasteiger partial charge in [-0.05, 0) is 36.1 Å². The van der Waals surface area contributed by atoms with Gasteiger partial charge in [0, 0.05) is 28.5 Å². The van der Waals surface area contributed by atoms with Crippen LogP contribution in [-0.4, -0.2) is 48.1 Å². The summed E-state index contributed by atoms with van der Waals surface area (Å²) in [6.07, 6.45) is 1.87. The van der Waals surface area contributed by atoms with Crippen molar-refractivity contribution in [2.75, 3.05) is 19.5 Å². The smallest absolute Gasteiger partial charge is 0.328 e. The first-order chi connectivity index (χ1) is 17.6. The molecule has 3 rings (SSSR count). The van der Waals surface area contributed by atoms with Crippen molar-refractivity contribution in [3.63, 3.8) is 0 Å². The molecule has 2 aromatic carbocycles. The van der Waals surface area contributed by atoms with Crippen LogP contribution in [0.4, 0.5) is 11.5 Å². The van der Waals surface area contributed by atoms with Crippen molar-refractivity contribution in [2.24, 2.45) is 5.92 Å². The Bertz CT molecular complexity index is 1310. The van der Waals surface area contributed by atoms with Gasteiger partial charge in [-0.1, -0.05) is 35.8 Å². The summed E-state index contributed by atoms with van der Waals surface area (Å²) in [6, 6.07) is 7.98. The Morgan fingerprint density at radius 2 is 1.81 bits per heavy atom. The fourth-order valence-corrected chi connectivity index (χ4v) is 4.11. The van der Waals surface area contributed by atoms with Crippen LogP contribution in [0.25, 0.3) is 10.9 Å². The summed E-state index contributed by atoms with van der Waals surface area (Å²) in [7, 11) is 2.77. The molecule has 0 radical (unpaired) electrons. The molecule has 10 nitrogen and oxygen atoms in total. The normalized spacial score (nSPS) is 11.6. The van der Waals surface area contributed by atoms with E-state index in [1.165, 1.54) is 27.5 Å². The van der Waals surface area contributed by atoms with Crippen LogP contribution in [0.2, 0.25) is 0 Å². The SMILES string of the molecule is COC(=O)[C@H](CC(C)C)NC(=O)Cc1ccc(Br)cc1Nc1ncnc2cc(OC)c(OC(C)=O)cc12. The number of methoxy groups -OCH3 is 2. The van der Waals surface area contributed by atoms with E-state index in [1.54, 1.807) is 18.2 Å². The average Bonchev–Trinajstić information content (AvgIpc) is 2.84. The molecular weight excluding hydrogens is 544 g/mol. The summed E-state index contributed by atoms with van der Waals surface area (Å²) in [6.45, 7) is 5.23. The lowest BCUT2D eigenvalue weighted by atomic mass is 10.0. The predicted molar refractivity (Wildman–Crippen MR) is 142 cm³/mol. The van der Waals surface area contributed by atoms with E-state index in [2.05, 4.69) is 36.5 Å². The van der Waals surface area contributed by atoms with Crippen molar-refractivity contribution in [1.82, 2.24) is 15.3 Å². The van der Waals surface area contributed by atoms with Crippen molar-refractivity contribution >= 4 is 56.2 Å². The molecule has 1 aromatic heterocycles. The Balaban J connectivity index is 1.93. The number of amides is 1. The van der Waals surface area contributed by atoms with E-state index in [1.807, 2.05) is 26.0 Å². The number of hydrogen-bond donors (Lipinski definition) is 2. The first-order valence-corrected chi connectivity index (χ1v) is 12.3. The minimum Gasteiger partial charge on any atom is -0.493 e. The van der Waals surface area contributed by atoms with Gasteiger partial charge in [0.1, 0.15) is 18.2 Å². The van der Waals surface area contributed by atoms with Crippen LogP contribution < -0.4 is 20.1 Å². The number of rotatable bonds is 10. The Kier molecular flexibility index (Phi) is 9.40.